The fraction of sp³-hybridized carbons (Fsp3) is 0.957. The van der Waals surface area contributed by atoms with E-state index in [0.29, 0.717) is 36.3 Å². The second kappa shape index (κ2) is 12.6. The monoisotopic (exact) mass is 443 g/mol. The van der Waals surface area contributed by atoms with Crippen LogP contribution in [-0.2, 0) is 18.1 Å². The van der Waals surface area contributed by atoms with Crippen molar-refractivity contribution in [2.45, 2.75) is 128 Å². The molecule has 0 aliphatic heterocycles. The van der Waals surface area contributed by atoms with Crippen molar-refractivity contribution >= 4 is 23.6 Å². The summed E-state index contributed by atoms with van der Waals surface area (Å²) in [6.45, 7) is 18.4. The van der Waals surface area contributed by atoms with Crippen LogP contribution < -0.4 is 0 Å². The van der Waals surface area contributed by atoms with Crippen LogP contribution in [0.4, 0.5) is 0 Å². The molecule has 0 aromatic rings. The predicted octanol–water partition coefficient (Wildman–Crippen LogP) is 7.14. The quantitative estimate of drug-likeness (QED) is 0.284. The second-order valence-corrected chi connectivity index (χ2v) is 16.0. The Morgan fingerprint density at radius 1 is 0.966 bits per heavy atom. The Morgan fingerprint density at radius 3 is 1.83 bits per heavy atom. The molecule has 3 unspecified atom stereocenters. The lowest BCUT2D eigenvalue weighted by atomic mass is 10.0. The maximum atomic E-state index is 13.9. The van der Waals surface area contributed by atoms with Crippen molar-refractivity contribution in [1.29, 1.82) is 0 Å². The van der Waals surface area contributed by atoms with E-state index < -0.39 is 22.6 Å². The topological polar surface area (TPSA) is 44.8 Å². The SMILES string of the molecule is CCO[Si](OCC)C(C)(CC)C(=O)O[Si](C(C)CC)(C(C)CC)C1CCCCC1. The van der Waals surface area contributed by atoms with Crippen LogP contribution in [-0.4, -0.2) is 36.8 Å². The van der Waals surface area contributed by atoms with Gasteiger partial charge in [0.1, 0.15) is 5.04 Å². The Kier molecular flexibility index (Phi) is 11.7. The molecule has 0 bridgehead atoms. The van der Waals surface area contributed by atoms with Crippen molar-refractivity contribution in [2.75, 3.05) is 13.2 Å². The molecule has 29 heavy (non-hydrogen) atoms. The van der Waals surface area contributed by atoms with E-state index in [9.17, 15) is 4.79 Å². The third-order valence-electron chi connectivity index (χ3n) is 7.44. The van der Waals surface area contributed by atoms with Crippen LogP contribution in [0.3, 0.4) is 0 Å². The van der Waals surface area contributed by atoms with Gasteiger partial charge in [-0.25, -0.2) is 0 Å². The first kappa shape index (κ1) is 26.9. The summed E-state index contributed by atoms with van der Waals surface area (Å²) in [7, 11) is -4.08. The van der Waals surface area contributed by atoms with E-state index in [-0.39, 0.29) is 5.97 Å². The van der Waals surface area contributed by atoms with E-state index in [2.05, 4.69) is 34.6 Å². The molecule has 1 fully saturated rings. The average molecular weight is 444 g/mol. The molecule has 0 heterocycles. The zero-order valence-electron chi connectivity index (χ0n) is 20.4. The molecule has 1 rings (SSSR count). The van der Waals surface area contributed by atoms with Gasteiger partial charge in [0.15, 0.2) is 0 Å². The largest absolute Gasteiger partial charge is 0.518 e. The van der Waals surface area contributed by atoms with Crippen LogP contribution in [0.1, 0.15) is 107 Å². The van der Waals surface area contributed by atoms with E-state index in [4.69, 9.17) is 13.3 Å². The van der Waals surface area contributed by atoms with Crippen molar-refractivity contribution in [3.05, 3.63) is 0 Å². The highest BCUT2D eigenvalue weighted by atomic mass is 28.4. The van der Waals surface area contributed by atoms with Gasteiger partial charge in [-0.05, 0) is 56.7 Å². The molecule has 1 radical (unpaired) electrons. The molecule has 1 aliphatic rings. The van der Waals surface area contributed by atoms with Gasteiger partial charge >= 0.3 is 9.28 Å². The van der Waals surface area contributed by atoms with E-state index in [1.807, 2.05) is 20.8 Å². The molecule has 0 aromatic carbocycles. The van der Waals surface area contributed by atoms with Crippen molar-refractivity contribution in [2.24, 2.45) is 0 Å². The molecule has 4 nitrogen and oxygen atoms in total. The summed E-state index contributed by atoms with van der Waals surface area (Å²) >= 11 is 0. The first-order valence-electron chi connectivity index (χ1n) is 12.1. The van der Waals surface area contributed by atoms with Crippen molar-refractivity contribution in [1.82, 2.24) is 0 Å². The third-order valence-corrected chi connectivity index (χ3v) is 16.3. The van der Waals surface area contributed by atoms with Gasteiger partial charge in [-0.3, -0.25) is 4.79 Å². The zero-order valence-corrected chi connectivity index (χ0v) is 22.4. The van der Waals surface area contributed by atoms with E-state index >= 15 is 0 Å². The number of hydrogen-bond donors (Lipinski definition) is 0. The van der Waals surface area contributed by atoms with Gasteiger partial charge in [-0.15, -0.1) is 0 Å². The fourth-order valence-electron chi connectivity index (χ4n) is 5.03. The normalized spacial score (nSPS) is 22.0. The molecule has 0 saturated heterocycles. The predicted molar refractivity (Wildman–Crippen MR) is 126 cm³/mol. The highest BCUT2D eigenvalue weighted by Gasteiger charge is 2.57. The van der Waals surface area contributed by atoms with Crippen LogP contribution in [0.15, 0.2) is 0 Å². The Morgan fingerprint density at radius 2 is 1.45 bits per heavy atom. The summed E-state index contributed by atoms with van der Waals surface area (Å²) in [6, 6.07) is 0. The molecule has 1 aliphatic carbocycles. The summed E-state index contributed by atoms with van der Waals surface area (Å²) in [5.41, 5.74) is 1.53. The fourth-order valence-corrected chi connectivity index (χ4v) is 13.2. The van der Waals surface area contributed by atoms with E-state index in [1.165, 1.54) is 32.1 Å². The Balaban J connectivity index is 3.35. The summed E-state index contributed by atoms with van der Waals surface area (Å²) < 4.78 is 18.9. The van der Waals surface area contributed by atoms with Gasteiger partial charge in [-0.1, -0.05) is 66.7 Å². The number of carbonyl (C=O) groups is 1. The van der Waals surface area contributed by atoms with Gasteiger partial charge in [0.2, 0.25) is 0 Å². The maximum absolute atomic E-state index is 13.9. The smallest absolute Gasteiger partial charge is 0.402 e. The summed E-state index contributed by atoms with van der Waals surface area (Å²) in [4.78, 5) is 13.9. The Hall–Kier alpha value is -0.176. The van der Waals surface area contributed by atoms with Crippen LogP contribution in [0.5, 0.6) is 0 Å². The number of hydrogen-bond acceptors (Lipinski definition) is 4. The number of rotatable bonds is 13. The molecular formula is C23H47O4Si2. The van der Waals surface area contributed by atoms with Crippen LogP contribution in [0.25, 0.3) is 0 Å². The molecule has 1 saturated carbocycles. The van der Waals surface area contributed by atoms with Crippen molar-refractivity contribution < 1.29 is 18.1 Å². The first-order valence-corrected chi connectivity index (χ1v) is 15.6. The van der Waals surface area contributed by atoms with Gasteiger partial charge in [0.25, 0.3) is 14.3 Å². The molecule has 6 heteroatoms. The Labute approximate surface area is 183 Å². The molecule has 0 spiro atoms. The van der Waals surface area contributed by atoms with E-state index in [0.717, 1.165) is 12.8 Å². The molecule has 3 atom stereocenters. The molecule has 171 valence electrons. The Bertz CT molecular complexity index is 465. The van der Waals surface area contributed by atoms with Crippen LogP contribution in [0, 0.1) is 0 Å². The van der Waals surface area contributed by atoms with E-state index in [1.54, 1.807) is 0 Å². The lowest BCUT2D eigenvalue weighted by Gasteiger charge is -2.48. The zero-order chi connectivity index (χ0) is 22.1. The highest BCUT2D eigenvalue weighted by Crippen LogP contribution is 2.53. The molecule has 0 amide bonds. The van der Waals surface area contributed by atoms with Crippen LogP contribution >= 0.6 is 0 Å². The van der Waals surface area contributed by atoms with Crippen LogP contribution in [0.2, 0.25) is 21.7 Å². The summed E-state index contributed by atoms with van der Waals surface area (Å²) in [6.07, 6.45) is 9.19. The van der Waals surface area contributed by atoms with Gasteiger partial charge in [-0.2, -0.15) is 0 Å². The minimum absolute atomic E-state index is 0.0476. The van der Waals surface area contributed by atoms with Crippen molar-refractivity contribution in [3.8, 4) is 0 Å². The van der Waals surface area contributed by atoms with Gasteiger partial charge < -0.3 is 13.3 Å². The maximum Gasteiger partial charge on any atom is 0.402 e. The average Bonchev–Trinajstić information content (AvgIpc) is 2.75. The lowest BCUT2D eigenvalue weighted by Crippen LogP contribution is -2.55. The minimum Gasteiger partial charge on any atom is -0.518 e. The molecular weight excluding hydrogens is 396 g/mol. The number of carbonyl (C=O) groups excluding carboxylic acids is 1. The summed E-state index contributed by atoms with van der Waals surface area (Å²) in [5, 5.41) is -0.676. The third kappa shape index (κ3) is 5.95. The standard InChI is InChI=1S/C23H47O4Si2/c1-9-19(6)29(20(7)10-2,21-17-15-14-16-18-21)27-22(24)23(8,11-3)28(25-12-4)26-13-5/h19-21H,9-18H2,1-8H3. The van der Waals surface area contributed by atoms with Gasteiger partial charge in [0, 0.05) is 13.2 Å². The first-order chi connectivity index (χ1) is 13.8. The van der Waals surface area contributed by atoms with Gasteiger partial charge in [0.05, 0.1) is 0 Å². The summed E-state index contributed by atoms with van der Waals surface area (Å²) in [5.74, 6) is -0.0476. The second-order valence-electron chi connectivity index (χ2n) is 9.04. The highest BCUT2D eigenvalue weighted by molar-refractivity contribution is 6.79. The van der Waals surface area contributed by atoms with Crippen molar-refractivity contribution in [3.63, 3.8) is 0 Å². The lowest BCUT2D eigenvalue weighted by molar-refractivity contribution is -0.140. The molecule has 0 N–H and O–H groups in total. The minimum atomic E-state index is -2.33. The molecule has 0 aromatic heterocycles.